The van der Waals surface area contributed by atoms with E-state index >= 15 is 0 Å². The maximum atomic E-state index is 11.2. The Labute approximate surface area is 97.4 Å². The van der Waals surface area contributed by atoms with Crippen molar-refractivity contribution in [2.24, 2.45) is 5.92 Å². The van der Waals surface area contributed by atoms with Gasteiger partial charge in [0, 0.05) is 13.1 Å². The molecule has 0 radical (unpaired) electrons. The zero-order chi connectivity index (χ0) is 11.6. The molecule has 4 heteroatoms. The van der Waals surface area contributed by atoms with Crippen molar-refractivity contribution in [3.63, 3.8) is 0 Å². The van der Waals surface area contributed by atoms with E-state index in [0.717, 1.165) is 18.9 Å². The topological polar surface area (TPSA) is 64.9 Å². The van der Waals surface area contributed by atoms with Crippen LogP contribution in [-0.2, 0) is 0 Å². The maximum absolute atomic E-state index is 11.2. The second-order valence-corrected chi connectivity index (χ2v) is 4.38. The molecule has 1 aliphatic carbocycles. The van der Waals surface area contributed by atoms with Gasteiger partial charge < -0.3 is 10.6 Å². The summed E-state index contributed by atoms with van der Waals surface area (Å²) in [6.07, 6.45) is 8.16. The van der Waals surface area contributed by atoms with Crippen LogP contribution in [0, 0.1) is 17.2 Å². The standard InChI is InChI=1S/C12H21N3O/c13-8-4-9-14-12(16)15-10-7-11-5-2-1-3-6-11/h11H,1-7,9-10H2,(H2,14,15,16). The molecule has 0 unspecified atom stereocenters. The maximum Gasteiger partial charge on any atom is 0.314 e. The Balaban J connectivity index is 1.97. The van der Waals surface area contributed by atoms with Gasteiger partial charge in [-0.05, 0) is 12.3 Å². The molecule has 1 rings (SSSR count). The molecule has 0 bridgehead atoms. The third kappa shape index (κ3) is 5.59. The van der Waals surface area contributed by atoms with E-state index in [1.807, 2.05) is 6.07 Å². The van der Waals surface area contributed by atoms with E-state index in [-0.39, 0.29) is 6.03 Å². The quantitative estimate of drug-likeness (QED) is 0.701. The van der Waals surface area contributed by atoms with Crippen LogP contribution in [0.3, 0.4) is 0 Å². The number of urea groups is 1. The number of rotatable bonds is 5. The number of carbonyl (C=O) groups is 1. The first-order chi connectivity index (χ1) is 7.83. The summed E-state index contributed by atoms with van der Waals surface area (Å²) < 4.78 is 0. The van der Waals surface area contributed by atoms with Gasteiger partial charge in [-0.2, -0.15) is 5.26 Å². The van der Waals surface area contributed by atoms with Crippen LogP contribution in [0.4, 0.5) is 4.79 Å². The Kier molecular flexibility index (Phi) is 6.39. The molecule has 2 amide bonds. The first-order valence-electron chi connectivity index (χ1n) is 6.21. The van der Waals surface area contributed by atoms with Crippen LogP contribution in [0.15, 0.2) is 0 Å². The number of hydrogen-bond acceptors (Lipinski definition) is 2. The number of nitriles is 1. The van der Waals surface area contributed by atoms with Crippen LogP contribution in [0.1, 0.15) is 44.9 Å². The highest BCUT2D eigenvalue weighted by Gasteiger charge is 2.12. The van der Waals surface area contributed by atoms with Gasteiger partial charge in [-0.1, -0.05) is 32.1 Å². The van der Waals surface area contributed by atoms with E-state index in [4.69, 9.17) is 5.26 Å². The molecule has 1 saturated carbocycles. The van der Waals surface area contributed by atoms with Gasteiger partial charge >= 0.3 is 6.03 Å². The summed E-state index contributed by atoms with van der Waals surface area (Å²) in [5.41, 5.74) is 0. The minimum atomic E-state index is -0.147. The molecule has 0 atom stereocenters. The number of nitrogens with one attached hydrogen (secondary N) is 2. The zero-order valence-corrected chi connectivity index (χ0v) is 9.80. The number of carbonyl (C=O) groups excluding carboxylic acids is 1. The molecular weight excluding hydrogens is 202 g/mol. The molecule has 0 heterocycles. The van der Waals surface area contributed by atoms with Gasteiger partial charge in [0.2, 0.25) is 0 Å². The first kappa shape index (κ1) is 12.8. The summed E-state index contributed by atoms with van der Waals surface area (Å²) in [7, 11) is 0. The Morgan fingerprint density at radius 1 is 1.19 bits per heavy atom. The van der Waals surface area contributed by atoms with Crippen molar-refractivity contribution in [2.75, 3.05) is 13.1 Å². The van der Waals surface area contributed by atoms with Crippen LogP contribution in [-0.4, -0.2) is 19.1 Å². The predicted octanol–water partition coefficient (Wildman–Crippen LogP) is 2.17. The van der Waals surface area contributed by atoms with Crippen LogP contribution < -0.4 is 10.6 Å². The number of amides is 2. The highest BCUT2D eigenvalue weighted by Crippen LogP contribution is 2.25. The van der Waals surface area contributed by atoms with Gasteiger partial charge in [0.05, 0.1) is 12.5 Å². The lowest BCUT2D eigenvalue weighted by Gasteiger charge is -2.21. The summed E-state index contributed by atoms with van der Waals surface area (Å²) in [5, 5.41) is 13.8. The van der Waals surface area contributed by atoms with Crippen LogP contribution in [0.5, 0.6) is 0 Å². The van der Waals surface area contributed by atoms with Crippen molar-refractivity contribution < 1.29 is 4.79 Å². The summed E-state index contributed by atoms with van der Waals surface area (Å²) in [6.45, 7) is 1.19. The summed E-state index contributed by atoms with van der Waals surface area (Å²) >= 11 is 0. The van der Waals surface area contributed by atoms with Crippen LogP contribution >= 0.6 is 0 Å². The Hall–Kier alpha value is -1.24. The molecule has 0 saturated heterocycles. The monoisotopic (exact) mass is 223 g/mol. The lowest BCUT2D eigenvalue weighted by atomic mass is 9.87. The second kappa shape index (κ2) is 7.98. The molecule has 2 N–H and O–H groups in total. The number of hydrogen-bond donors (Lipinski definition) is 2. The largest absolute Gasteiger partial charge is 0.338 e. The molecule has 1 aliphatic rings. The predicted molar refractivity (Wildman–Crippen MR) is 62.8 cm³/mol. The molecule has 0 aromatic heterocycles. The first-order valence-corrected chi connectivity index (χ1v) is 6.21. The molecule has 0 aromatic rings. The van der Waals surface area contributed by atoms with Gasteiger partial charge in [-0.15, -0.1) is 0 Å². The second-order valence-electron chi connectivity index (χ2n) is 4.38. The lowest BCUT2D eigenvalue weighted by Crippen LogP contribution is -2.37. The fraction of sp³-hybridized carbons (Fsp3) is 0.833. The highest BCUT2D eigenvalue weighted by atomic mass is 16.2. The fourth-order valence-corrected chi connectivity index (χ4v) is 2.16. The molecule has 0 aliphatic heterocycles. The Bertz CT molecular complexity index is 241. The molecule has 0 aromatic carbocycles. The van der Waals surface area contributed by atoms with Gasteiger partial charge in [-0.25, -0.2) is 4.79 Å². The van der Waals surface area contributed by atoms with E-state index < -0.39 is 0 Å². The smallest absolute Gasteiger partial charge is 0.314 e. The van der Waals surface area contributed by atoms with E-state index in [2.05, 4.69) is 10.6 Å². The fourth-order valence-electron chi connectivity index (χ4n) is 2.16. The molecule has 90 valence electrons. The SMILES string of the molecule is N#CCCNC(=O)NCCC1CCCCC1. The minimum Gasteiger partial charge on any atom is -0.338 e. The molecule has 4 nitrogen and oxygen atoms in total. The molecular formula is C12H21N3O. The highest BCUT2D eigenvalue weighted by molar-refractivity contribution is 5.73. The van der Waals surface area contributed by atoms with Gasteiger partial charge in [0.1, 0.15) is 0 Å². The summed E-state index contributed by atoms with van der Waals surface area (Å²) in [5.74, 6) is 0.799. The molecule has 1 fully saturated rings. The van der Waals surface area contributed by atoms with Crippen LogP contribution in [0.25, 0.3) is 0 Å². The summed E-state index contributed by atoms with van der Waals surface area (Å²) in [4.78, 5) is 11.2. The van der Waals surface area contributed by atoms with Gasteiger partial charge in [-0.3, -0.25) is 0 Å². The van der Waals surface area contributed by atoms with E-state index in [1.165, 1.54) is 32.1 Å². The van der Waals surface area contributed by atoms with Crippen LogP contribution in [0.2, 0.25) is 0 Å². The lowest BCUT2D eigenvalue weighted by molar-refractivity contribution is 0.239. The third-order valence-electron chi connectivity index (χ3n) is 3.09. The van der Waals surface area contributed by atoms with Gasteiger partial charge in [0.25, 0.3) is 0 Å². The van der Waals surface area contributed by atoms with E-state index in [1.54, 1.807) is 0 Å². The Morgan fingerprint density at radius 2 is 1.88 bits per heavy atom. The summed E-state index contributed by atoms with van der Waals surface area (Å²) in [6, 6.07) is 1.84. The van der Waals surface area contributed by atoms with Crippen molar-refractivity contribution in [3.05, 3.63) is 0 Å². The van der Waals surface area contributed by atoms with E-state index in [0.29, 0.717) is 13.0 Å². The molecule has 16 heavy (non-hydrogen) atoms. The van der Waals surface area contributed by atoms with Crippen molar-refractivity contribution in [1.82, 2.24) is 10.6 Å². The van der Waals surface area contributed by atoms with Crippen molar-refractivity contribution in [3.8, 4) is 6.07 Å². The average molecular weight is 223 g/mol. The zero-order valence-electron chi connectivity index (χ0n) is 9.80. The van der Waals surface area contributed by atoms with E-state index in [9.17, 15) is 4.79 Å². The van der Waals surface area contributed by atoms with Crippen molar-refractivity contribution in [2.45, 2.75) is 44.9 Å². The molecule has 0 spiro atoms. The number of nitrogens with zero attached hydrogens (tertiary/aromatic N) is 1. The Morgan fingerprint density at radius 3 is 2.56 bits per heavy atom. The minimum absolute atomic E-state index is 0.147. The third-order valence-corrected chi connectivity index (χ3v) is 3.09. The average Bonchev–Trinajstić information content (AvgIpc) is 2.31. The van der Waals surface area contributed by atoms with Crippen molar-refractivity contribution >= 4 is 6.03 Å². The normalized spacial score (nSPS) is 16.4. The van der Waals surface area contributed by atoms with Gasteiger partial charge in [0.15, 0.2) is 0 Å². The van der Waals surface area contributed by atoms with Crippen molar-refractivity contribution in [1.29, 1.82) is 5.26 Å².